The van der Waals surface area contributed by atoms with Gasteiger partial charge in [0.05, 0.1) is 5.54 Å². The van der Waals surface area contributed by atoms with Crippen molar-refractivity contribution >= 4 is 11.8 Å². The van der Waals surface area contributed by atoms with Crippen molar-refractivity contribution in [2.75, 3.05) is 26.7 Å². The van der Waals surface area contributed by atoms with Crippen LogP contribution in [0.5, 0.6) is 0 Å². The lowest BCUT2D eigenvalue weighted by molar-refractivity contribution is -0.158. The first-order chi connectivity index (χ1) is 6.40. The Morgan fingerprint density at radius 1 is 1.29 bits per heavy atom. The molecule has 0 saturated carbocycles. The average molecular weight is 199 g/mol. The van der Waals surface area contributed by atoms with Crippen LogP contribution in [-0.2, 0) is 9.59 Å². The van der Waals surface area contributed by atoms with E-state index in [4.69, 9.17) is 5.73 Å². The summed E-state index contributed by atoms with van der Waals surface area (Å²) in [5.74, 6) is -0.896. The lowest BCUT2D eigenvalue weighted by atomic mass is 10.0. The van der Waals surface area contributed by atoms with Crippen LogP contribution in [0, 0.1) is 0 Å². The van der Waals surface area contributed by atoms with Crippen molar-refractivity contribution in [2.24, 2.45) is 5.73 Å². The summed E-state index contributed by atoms with van der Waals surface area (Å²) in [6.45, 7) is 5.22. The summed E-state index contributed by atoms with van der Waals surface area (Å²) < 4.78 is 0. The molecule has 2 amide bonds. The summed E-state index contributed by atoms with van der Waals surface area (Å²) in [7, 11) is 1.63. The molecule has 0 spiro atoms. The fraction of sp³-hybridized carbons (Fsp3) is 0.778. The maximum Gasteiger partial charge on any atom is 0.312 e. The van der Waals surface area contributed by atoms with E-state index in [0.717, 1.165) is 0 Å². The normalized spacial score (nSPS) is 19.1. The fourth-order valence-corrected chi connectivity index (χ4v) is 1.42. The predicted molar refractivity (Wildman–Crippen MR) is 52.5 cm³/mol. The molecule has 5 heteroatoms. The molecule has 0 unspecified atom stereocenters. The smallest absolute Gasteiger partial charge is 0.312 e. The lowest BCUT2D eigenvalue weighted by Gasteiger charge is -2.41. The van der Waals surface area contributed by atoms with Crippen LogP contribution in [-0.4, -0.2) is 53.8 Å². The summed E-state index contributed by atoms with van der Waals surface area (Å²) in [6.07, 6.45) is 0. The second kappa shape index (κ2) is 3.57. The number of hydrogen-bond donors (Lipinski definition) is 1. The minimum Gasteiger partial charge on any atom is -0.336 e. The minimum atomic E-state index is -0.450. The van der Waals surface area contributed by atoms with Crippen molar-refractivity contribution in [1.29, 1.82) is 0 Å². The number of rotatable bonds is 2. The van der Waals surface area contributed by atoms with Crippen LogP contribution < -0.4 is 5.73 Å². The largest absolute Gasteiger partial charge is 0.336 e. The quantitative estimate of drug-likeness (QED) is 0.581. The van der Waals surface area contributed by atoms with Crippen LogP contribution in [0.4, 0.5) is 0 Å². The maximum atomic E-state index is 11.6. The Bertz CT molecular complexity index is 263. The number of carbonyl (C=O) groups excluding carboxylic acids is 2. The molecule has 2 N–H and O–H groups in total. The van der Waals surface area contributed by atoms with Gasteiger partial charge >= 0.3 is 11.8 Å². The summed E-state index contributed by atoms with van der Waals surface area (Å²) in [6, 6.07) is 0. The Labute approximate surface area is 83.8 Å². The number of nitrogens with zero attached hydrogens (tertiary/aromatic N) is 2. The average Bonchev–Trinajstić information content (AvgIpc) is 2.14. The Morgan fingerprint density at radius 3 is 2.36 bits per heavy atom. The van der Waals surface area contributed by atoms with Gasteiger partial charge in [-0.25, -0.2) is 0 Å². The minimum absolute atomic E-state index is 0.357. The molecule has 0 radical (unpaired) electrons. The van der Waals surface area contributed by atoms with E-state index >= 15 is 0 Å². The first kappa shape index (κ1) is 11.0. The molecule has 1 rings (SSSR count). The van der Waals surface area contributed by atoms with Crippen LogP contribution in [0.25, 0.3) is 0 Å². The van der Waals surface area contributed by atoms with Gasteiger partial charge in [-0.1, -0.05) is 0 Å². The zero-order valence-corrected chi connectivity index (χ0v) is 8.91. The van der Waals surface area contributed by atoms with Crippen molar-refractivity contribution in [3.05, 3.63) is 0 Å². The molecule has 1 aliphatic heterocycles. The van der Waals surface area contributed by atoms with Crippen molar-refractivity contribution in [1.82, 2.24) is 9.80 Å². The van der Waals surface area contributed by atoms with Gasteiger partial charge in [-0.3, -0.25) is 9.59 Å². The van der Waals surface area contributed by atoms with Gasteiger partial charge in [-0.15, -0.1) is 0 Å². The summed E-state index contributed by atoms with van der Waals surface area (Å²) in [5.41, 5.74) is 5.12. The number of carbonyl (C=O) groups is 2. The maximum absolute atomic E-state index is 11.6. The van der Waals surface area contributed by atoms with Gasteiger partial charge in [0, 0.05) is 26.7 Å². The third-order valence-electron chi connectivity index (χ3n) is 2.66. The van der Waals surface area contributed by atoms with E-state index < -0.39 is 17.4 Å². The van der Waals surface area contributed by atoms with Crippen LogP contribution in [0.3, 0.4) is 0 Å². The van der Waals surface area contributed by atoms with E-state index in [9.17, 15) is 9.59 Å². The van der Waals surface area contributed by atoms with Crippen molar-refractivity contribution < 1.29 is 9.59 Å². The van der Waals surface area contributed by atoms with Gasteiger partial charge in [0.1, 0.15) is 0 Å². The van der Waals surface area contributed by atoms with Crippen molar-refractivity contribution in [2.45, 2.75) is 19.4 Å². The predicted octanol–water partition coefficient (Wildman–Crippen LogP) is -0.976. The third kappa shape index (κ3) is 1.72. The van der Waals surface area contributed by atoms with Gasteiger partial charge < -0.3 is 15.5 Å². The summed E-state index contributed by atoms with van der Waals surface area (Å²) in [4.78, 5) is 26.0. The Balaban J connectivity index is 2.83. The fourth-order valence-electron chi connectivity index (χ4n) is 1.42. The molecule has 0 bridgehead atoms. The van der Waals surface area contributed by atoms with Crippen LogP contribution in [0.1, 0.15) is 13.8 Å². The third-order valence-corrected chi connectivity index (χ3v) is 2.66. The number of likely N-dealkylation sites (N-methyl/N-ethyl adjacent to an activating group) is 1. The van der Waals surface area contributed by atoms with Crippen molar-refractivity contribution in [3.63, 3.8) is 0 Å². The molecular weight excluding hydrogens is 182 g/mol. The molecule has 1 heterocycles. The zero-order chi connectivity index (χ0) is 10.9. The SMILES string of the molecule is CN1CCN(C(C)(C)CN)C(=O)C1=O. The summed E-state index contributed by atoms with van der Waals surface area (Å²) in [5, 5.41) is 0. The molecule has 0 aliphatic carbocycles. The Kier molecular flexibility index (Phi) is 2.80. The molecule has 0 aromatic heterocycles. The molecule has 5 nitrogen and oxygen atoms in total. The van der Waals surface area contributed by atoms with E-state index in [1.54, 1.807) is 11.9 Å². The van der Waals surface area contributed by atoms with Gasteiger partial charge in [0.2, 0.25) is 0 Å². The highest BCUT2D eigenvalue weighted by atomic mass is 16.2. The Hall–Kier alpha value is -1.10. The molecule has 0 atom stereocenters. The molecule has 0 aromatic rings. The monoisotopic (exact) mass is 199 g/mol. The van der Waals surface area contributed by atoms with E-state index in [2.05, 4.69) is 0 Å². The van der Waals surface area contributed by atoms with Gasteiger partial charge in [0.15, 0.2) is 0 Å². The highest BCUT2D eigenvalue weighted by molar-refractivity contribution is 6.35. The molecule has 14 heavy (non-hydrogen) atoms. The Morgan fingerprint density at radius 2 is 1.86 bits per heavy atom. The summed E-state index contributed by atoms with van der Waals surface area (Å²) >= 11 is 0. The molecule has 80 valence electrons. The van der Waals surface area contributed by atoms with E-state index in [1.165, 1.54) is 4.90 Å². The van der Waals surface area contributed by atoms with Gasteiger partial charge in [-0.05, 0) is 13.8 Å². The van der Waals surface area contributed by atoms with Crippen molar-refractivity contribution in [3.8, 4) is 0 Å². The first-order valence-electron chi connectivity index (χ1n) is 4.67. The zero-order valence-electron chi connectivity index (χ0n) is 8.91. The van der Waals surface area contributed by atoms with E-state index in [-0.39, 0.29) is 0 Å². The number of piperazine rings is 1. The molecular formula is C9H17N3O2. The second-order valence-electron chi connectivity index (χ2n) is 4.20. The van der Waals surface area contributed by atoms with Crippen LogP contribution in [0.15, 0.2) is 0 Å². The lowest BCUT2D eigenvalue weighted by Crippen LogP contribution is -2.61. The number of nitrogens with two attached hydrogens (primary N) is 1. The van der Waals surface area contributed by atoms with Gasteiger partial charge in [0.25, 0.3) is 0 Å². The van der Waals surface area contributed by atoms with E-state index in [1.807, 2.05) is 13.8 Å². The highest BCUT2D eigenvalue weighted by Crippen LogP contribution is 2.16. The standard InChI is InChI=1S/C9H17N3O2/c1-9(2,6-10)12-5-4-11(3)7(13)8(12)14/h4-6,10H2,1-3H3. The van der Waals surface area contributed by atoms with Crippen LogP contribution >= 0.6 is 0 Å². The first-order valence-corrected chi connectivity index (χ1v) is 4.67. The molecule has 0 aromatic carbocycles. The topological polar surface area (TPSA) is 66.6 Å². The second-order valence-corrected chi connectivity index (χ2v) is 4.20. The molecule has 1 saturated heterocycles. The van der Waals surface area contributed by atoms with Gasteiger partial charge in [-0.2, -0.15) is 0 Å². The highest BCUT2D eigenvalue weighted by Gasteiger charge is 2.38. The molecule has 1 fully saturated rings. The number of hydrogen-bond acceptors (Lipinski definition) is 3. The van der Waals surface area contributed by atoms with E-state index in [0.29, 0.717) is 19.6 Å². The van der Waals surface area contributed by atoms with Crippen LogP contribution in [0.2, 0.25) is 0 Å². The number of amides is 2. The molecule has 1 aliphatic rings.